The summed E-state index contributed by atoms with van der Waals surface area (Å²) in [6, 6.07) is 22.4. The van der Waals surface area contributed by atoms with Crippen molar-refractivity contribution in [1.82, 2.24) is 5.32 Å². The van der Waals surface area contributed by atoms with Gasteiger partial charge in [-0.3, -0.25) is 4.79 Å². The maximum Gasteiger partial charge on any atom is 0.252 e. The number of hydrogen-bond donors (Lipinski definition) is 2. The second-order valence-electron chi connectivity index (χ2n) is 9.58. The summed E-state index contributed by atoms with van der Waals surface area (Å²) < 4.78 is 12.2. The van der Waals surface area contributed by atoms with Crippen LogP contribution in [0.1, 0.15) is 55.4 Å². The number of rotatable bonds is 13. The summed E-state index contributed by atoms with van der Waals surface area (Å²) in [5, 5.41) is 13.0. The van der Waals surface area contributed by atoms with Gasteiger partial charge < -0.3 is 19.9 Å². The molecule has 2 atom stereocenters. The second kappa shape index (κ2) is 13.8. The molecule has 3 aromatic rings. The molecule has 1 heterocycles. The Morgan fingerprint density at radius 3 is 2.51 bits per heavy atom. The predicted octanol–water partition coefficient (Wildman–Crippen LogP) is 6.56. The highest BCUT2D eigenvalue weighted by molar-refractivity contribution is 6.35. The molecule has 0 radical (unpaired) electrons. The van der Waals surface area contributed by atoms with Crippen LogP contribution < -0.4 is 10.1 Å². The van der Waals surface area contributed by atoms with E-state index < -0.39 is 11.6 Å². The van der Waals surface area contributed by atoms with Gasteiger partial charge in [-0.05, 0) is 48.4 Å². The lowest BCUT2D eigenvalue weighted by Crippen LogP contribution is -2.50. The molecular weight excluding hydrogens is 535 g/mol. The monoisotopic (exact) mass is 568 g/mol. The van der Waals surface area contributed by atoms with Crippen LogP contribution in [0, 0.1) is 0 Å². The van der Waals surface area contributed by atoms with Crippen LogP contribution in [0.5, 0.6) is 5.75 Å². The number of carbonyl (C=O) groups excluding carboxylic acids is 1. The number of ether oxygens (including phenoxy) is 2. The third kappa shape index (κ3) is 7.13. The lowest BCUT2D eigenvalue weighted by molar-refractivity contribution is -0.128. The van der Waals surface area contributed by atoms with Gasteiger partial charge in [0.05, 0.1) is 6.61 Å². The first-order valence-corrected chi connectivity index (χ1v) is 14.1. The molecule has 0 fully saturated rings. The lowest BCUT2D eigenvalue weighted by Gasteiger charge is -2.31. The van der Waals surface area contributed by atoms with Crippen molar-refractivity contribution in [2.45, 2.75) is 50.7 Å². The van der Waals surface area contributed by atoms with Crippen LogP contribution in [0.25, 0.3) is 0 Å². The molecule has 0 aromatic heterocycles. The molecule has 39 heavy (non-hydrogen) atoms. The molecule has 0 saturated heterocycles. The Bertz CT molecular complexity index is 1270. The van der Waals surface area contributed by atoms with Gasteiger partial charge in [0.25, 0.3) is 5.91 Å². The molecule has 0 aliphatic carbocycles. The third-order valence-corrected chi connectivity index (χ3v) is 7.22. The molecule has 2 N–H and O–H groups in total. The first-order chi connectivity index (χ1) is 19.0. The molecule has 1 aliphatic heterocycles. The fourth-order valence-electron chi connectivity index (χ4n) is 4.61. The van der Waals surface area contributed by atoms with E-state index in [4.69, 9.17) is 42.8 Å². The average Bonchev–Trinajstić information content (AvgIpc) is 3.32. The standard InChI is InChI=1S/C31H34Cl2N2O4/c1-2-3-7-17-34-30(37)31(21-22-9-5-4-6-10-22)28(26-16-13-24(32)20-27(26)33)39-29(35-31)23-11-14-25(15-12-23)38-19-8-18-36/h4-6,9-16,20,28,36H,2-3,7-8,17-19,21H2,1H3,(H,34,37)/t28-,31-/m1/s1. The number of nitrogens with zero attached hydrogens (tertiary/aromatic N) is 1. The van der Waals surface area contributed by atoms with Crippen molar-refractivity contribution in [3.05, 3.63) is 99.5 Å². The van der Waals surface area contributed by atoms with E-state index in [0.29, 0.717) is 58.8 Å². The number of aliphatic imine (C=N–C) groups is 1. The molecule has 8 heteroatoms. The predicted molar refractivity (Wildman–Crippen MR) is 156 cm³/mol. The first kappa shape index (κ1) is 28.9. The van der Waals surface area contributed by atoms with Gasteiger partial charge >= 0.3 is 0 Å². The van der Waals surface area contributed by atoms with Gasteiger partial charge in [0.1, 0.15) is 5.75 Å². The van der Waals surface area contributed by atoms with Gasteiger partial charge in [-0.25, -0.2) is 4.99 Å². The molecule has 0 unspecified atom stereocenters. The molecule has 0 bridgehead atoms. The molecule has 206 valence electrons. The summed E-state index contributed by atoms with van der Waals surface area (Å²) in [6.45, 7) is 3.17. The van der Waals surface area contributed by atoms with E-state index in [1.165, 1.54) is 0 Å². The van der Waals surface area contributed by atoms with E-state index in [0.717, 1.165) is 24.8 Å². The van der Waals surface area contributed by atoms with Gasteiger partial charge in [-0.2, -0.15) is 0 Å². The molecule has 1 aliphatic rings. The zero-order chi connectivity index (χ0) is 27.7. The first-order valence-electron chi connectivity index (χ1n) is 13.3. The van der Waals surface area contributed by atoms with Gasteiger partial charge in [0.15, 0.2) is 11.6 Å². The number of aliphatic hydroxyl groups is 1. The van der Waals surface area contributed by atoms with Crippen molar-refractivity contribution in [1.29, 1.82) is 0 Å². The van der Waals surface area contributed by atoms with Crippen LogP contribution in [0.3, 0.4) is 0 Å². The van der Waals surface area contributed by atoms with Crippen molar-refractivity contribution in [3.8, 4) is 5.75 Å². The molecule has 0 spiro atoms. The Labute approximate surface area is 240 Å². The highest BCUT2D eigenvalue weighted by Crippen LogP contribution is 2.45. The Morgan fingerprint density at radius 1 is 1.05 bits per heavy atom. The zero-order valence-electron chi connectivity index (χ0n) is 22.0. The molecule has 4 rings (SSSR count). The second-order valence-corrected chi connectivity index (χ2v) is 10.4. The number of amides is 1. The summed E-state index contributed by atoms with van der Waals surface area (Å²) in [4.78, 5) is 19.1. The summed E-state index contributed by atoms with van der Waals surface area (Å²) in [5.41, 5.74) is 1.02. The van der Waals surface area contributed by atoms with E-state index in [1.807, 2.05) is 54.6 Å². The highest BCUT2D eigenvalue weighted by Gasteiger charge is 2.53. The van der Waals surface area contributed by atoms with Crippen LogP contribution >= 0.6 is 23.2 Å². The Hall–Kier alpha value is -3.06. The largest absolute Gasteiger partial charge is 0.494 e. The molecule has 1 amide bonds. The van der Waals surface area contributed by atoms with Crippen molar-refractivity contribution < 1.29 is 19.4 Å². The number of benzene rings is 3. The van der Waals surface area contributed by atoms with Crippen LogP contribution in [0.2, 0.25) is 10.0 Å². The lowest BCUT2D eigenvalue weighted by atomic mass is 9.82. The van der Waals surface area contributed by atoms with Crippen LogP contribution in [0.4, 0.5) is 0 Å². The summed E-state index contributed by atoms with van der Waals surface area (Å²) in [7, 11) is 0. The highest BCUT2D eigenvalue weighted by atomic mass is 35.5. The maximum atomic E-state index is 14.1. The number of hydrogen-bond acceptors (Lipinski definition) is 5. The SMILES string of the molecule is CCCCCNC(=O)[C@]1(Cc2ccccc2)N=C(c2ccc(OCCCO)cc2)O[C@@H]1c1ccc(Cl)cc1Cl. The minimum absolute atomic E-state index is 0.0708. The fourth-order valence-corrected chi connectivity index (χ4v) is 5.12. The zero-order valence-corrected chi connectivity index (χ0v) is 23.5. The molecule has 0 saturated carbocycles. The van der Waals surface area contributed by atoms with Crippen LogP contribution in [-0.2, 0) is 16.0 Å². The average molecular weight is 570 g/mol. The number of unbranched alkanes of at least 4 members (excludes halogenated alkanes) is 2. The van der Waals surface area contributed by atoms with E-state index in [9.17, 15) is 4.79 Å². The number of nitrogens with one attached hydrogen (secondary N) is 1. The van der Waals surface area contributed by atoms with Crippen molar-refractivity contribution in [2.24, 2.45) is 4.99 Å². The Balaban J connectivity index is 1.76. The van der Waals surface area contributed by atoms with Crippen molar-refractivity contribution >= 4 is 35.0 Å². The van der Waals surface area contributed by atoms with Gasteiger partial charge in [0, 0.05) is 47.2 Å². The van der Waals surface area contributed by atoms with E-state index in [2.05, 4.69) is 12.2 Å². The number of carbonyl (C=O) groups is 1. The van der Waals surface area contributed by atoms with Crippen molar-refractivity contribution in [3.63, 3.8) is 0 Å². The van der Waals surface area contributed by atoms with Gasteiger partial charge in [-0.1, -0.05) is 79.4 Å². The minimum atomic E-state index is -1.29. The van der Waals surface area contributed by atoms with Gasteiger partial charge in [-0.15, -0.1) is 0 Å². The smallest absolute Gasteiger partial charge is 0.252 e. The molecular formula is C31H34Cl2N2O4. The van der Waals surface area contributed by atoms with E-state index >= 15 is 0 Å². The Kier molecular flexibility index (Phi) is 10.3. The fraction of sp³-hybridized carbons (Fsp3) is 0.355. The maximum absolute atomic E-state index is 14.1. The minimum Gasteiger partial charge on any atom is -0.494 e. The molecule has 3 aromatic carbocycles. The Morgan fingerprint density at radius 2 is 1.82 bits per heavy atom. The quantitative estimate of drug-likeness (QED) is 0.229. The number of halogens is 2. The summed E-state index contributed by atoms with van der Waals surface area (Å²) >= 11 is 12.9. The summed E-state index contributed by atoms with van der Waals surface area (Å²) in [6.07, 6.45) is 3.06. The van der Waals surface area contributed by atoms with Gasteiger partial charge in [0.2, 0.25) is 5.90 Å². The number of aliphatic hydroxyl groups excluding tert-OH is 1. The third-order valence-electron chi connectivity index (χ3n) is 6.66. The van der Waals surface area contributed by atoms with E-state index in [1.54, 1.807) is 18.2 Å². The normalized spacial score (nSPS) is 18.4. The van der Waals surface area contributed by atoms with Crippen LogP contribution in [-0.4, -0.2) is 42.2 Å². The topological polar surface area (TPSA) is 80.2 Å². The van der Waals surface area contributed by atoms with Crippen LogP contribution in [0.15, 0.2) is 77.8 Å². The summed E-state index contributed by atoms with van der Waals surface area (Å²) in [5.74, 6) is 0.817. The molecule has 6 nitrogen and oxygen atoms in total. The van der Waals surface area contributed by atoms with Crippen molar-refractivity contribution in [2.75, 3.05) is 19.8 Å². The van der Waals surface area contributed by atoms with E-state index in [-0.39, 0.29) is 12.5 Å².